The van der Waals surface area contributed by atoms with Crippen LogP contribution in [0.25, 0.3) is 0 Å². The van der Waals surface area contributed by atoms with Gasteiger partial charge in [0, 0.05) is 9.13 Å². The van der Waals surface area contributed by atoms with Crippen molar-refractivity contribution in [2.45, 2.75) is 13.1 Å². The average molecular weight is 329 g/mol. The van der Waals surface area contributed by atoms with Gasteiger partial charge in [0.25, 0.3) is 0 Å². The lowest BCUT2D eigenvalue weighted by atomic mass is 10.0. The van der Waals surface area contributed by atoms with Crippen molar-refractivity contribution in [1.29, 1.82) is 0 Å². The Morgan fingerprint density at radius 2 is 1.93 bits per heavy atom. The van der Waals surface area contributed by atoms with Gasteiger partial charge in [-0.25, -0.2) is 0 Å². The summed E-state index contributed by atoms with van der Waals surface area (Å²) >= 11 is 1.74. The molecule has 0 unspecified atom stereocenters. The minimum Gasteiger partial charge on any atom is -0.366 e. The molecular formula is C9H7F3INO. The second kappa shape index (κ2) is 3.99. The van der Waals surface area contributed by atoms with Gasteiger partial charge in [0.1, 0.15) is 0 Å². The molecule has 0 atom stereocenters. The van der Waals surface area contributed by atoms with Crippen molar-refractivity contribution in [3.05, 3.63) is 32.4 Å². The van der Waals surface area contributed by atoms with Crippen LogP contribution in [0, 0.1) is 10.5 Å². The Balaban J connectivity index is 3.43. The van der Waals surface area contributed by atoms with E-state index in [4.69, 9.17) is 5.73 Å². The molecule has 82 valence electrons. The van der Waals surface area contributed by atoms with E-state index in [9.17, 15) is 18.0 Å². The molecule has 1 rings (SSSR count). The number of hydrogen-bond acceptors (Lipinski definition) is 1. The number of amides is 1. The highest BCUT2D eigenvalue weighted by Crippen LogP contribution is 2.32. The summed E-state index contributed by atoms with van der Waals surface area (Å²) in [5.41, 5.74) is 4.51. The summed E-state index contributed by atoms with van der Waals surface area (Å²) in [6, 6.07) is 1.77. The number of hydrogen-bond donors (Lipinski definition) is 1. The molecule has 1 aromatic rings. The van der Waals surface area contributed by atoms with E-state index in [1.807, 2.05) is 0 Å². The van der Waals surface area contributed by atoms with Crippen molar-refractivity contribution in [3.63, 3.8) is 0 Å². The molecule has 2 nitrogen and oxygen atoms in total. The average Bonchev–Trinajstić information content (AvgIpc) is 2.06. The molecule has 6 heteroatoms. The van der Waals surface area contributed by atoms with Crippen LogP contribution in [-0.2, 0) is 6.18 Å². The van der Waals surface area contributed by atoms with Crippen LogP contribution in [0.1, 0.15) is 21.5 Å². The van der Waals surface area contributed by atoms with Crippen molar-refractivity contribution in [1.82, 2.24) is 0 Å². The summed E-state index contributed by atoms with van der Waals surface area (Å²) in [6.45, 7) is 1.56. The van der Waals surface area contributed by atoms with Crippen molar-refractivity contribution in [2.24, 2.45) is 5.73 Å². The lowest BCUT2D eigenvalue weighted by Gasteiger charge is -2.11. The zero-order chi connectivity index (χ0) is 11.8. The van der Waals surface area contributed by atoms with Gasteiger partial charge in [0.05, 0.1) is 5.56 Å². The maximum absolute atomic E-state index is 12.4. The van der Waals surface area contributed by atoms with Crippen LogP contribution >= 0.6 is 22.6 Å². The first kappa shape index (κ1) is 12.3. The fourth-order valence-electron chi connectivity index (χ4n) is 1.10. The molecule has 0 aliphatic carbocycles. The monoisotopic (exact) mass is 329 g/mol. The third-order valence-electron chi connectivity index (χ3n) is 1.94. The fraction of sp³-hybridized carbons (Fsp3) is 0.222. The number of alkyl halides is 3. The molecule has 0 bridgehead atoms. The molecule has 0 heterocycles. The van der Waals surface area contributed by atoms with Crippen molar-refractivity contribution < 1.29 is 18.0 Å². The summed E-state index contributed by atoms with van der Waals surface area (Å²) in [4.78, 5) is 10.9. The second-order valence-corrected chi connectivity index (χ2v) is 4.15. The molecule has 1 aromatic carbocycles. The Kier molecular flexibility index (Phi) is 3.27. The number of nitrogens with two attached hydrogens (primary N) is 1. The predicted octanol–water partition coefficient (Wildman–Crippen LogP) is 2.72. The van der Waals surface area contributed by atoms with Crippen molar-refractivity contribution in [3.8, 4) is 0 Å². The summed E-state index contributed by atoms with van der Waals surface area (Å²) in [6.07, 6.45) is -4.46. The zero-order valence-corrected chi connectivity index (χ0v) is 9.81. The molecular weight excluding hydrogens is 322 g/mol. The molecule has 15 heavy (non-hydrogen) atoms. The number of primary amides is 1. The molecule has 0 fully saturated rings. The van der Waals surface area contributed by atoms with E-state index in [1.165, 1.54) is 0 Å². The third-order valence-corrected chi connectivity index (χ3v) is 3.06. The Hall–Kier alpha value is -0.790. The molecule has 0 aliphatic rings. The smallest absolute Gasteiger partial charge is 0.366 e. The Morgan fingerprint density at radius 3 is 2.33 bits per heavy atom. The lowest BCUT2D eigenvalue weighted by molar-refractivity contribution is -0.137. The maximum atomic E-state index is 12.4. The highest BCUT2D eigenvalue weighted by molar-refractivity contribution is 14.1. The largest absolute Gasteiger partial charge is 0.416 e. The Labute approximate surface area is 97.8 Å². The first-order chi connectivity index (χ1) is 6.73. The number of carbonyl (C=O) groups is 1. The first-order valence-corrected chi connectivity index (χ1v) is 4.98. The summed E-state index contributed by atoms with van der Waals surface area (Å²) in [5.74, 6) is -0.850. The van der Waals surface area contributed by atoms with E-state index in [0.29, 0.717) is 9.13 Å². The van der Waals surface area contributed by atoms with Gasteiger partial charge < -0.3 is 5.73 Å². The standard InChI is InChI=1S/C9H7F3INO/c1-4-6(8(14)15)2-5(3-7(4)13)9(10,11)12/h2-3H,1H3,(H2,14,15). The van der Waals surface area contributed by atoms with E-state index in [1.54, 1.807) is 29.5 Å². The number of rotatable bonds is 1. The third kappa shape index (κ3) is 2.61. The molecule has 0 spiro atoms. The second-order valence-electron chi connectivity index (χ2n) is 2.99. The molecule has 0 aromatic heterocycles. The van der Waals surface area contributed by atoms with E-state index >= 15 is 0 Å². The fourth-order valence-corrected chi connectivity index (χ4v) is 1.72. The Morgan fingerprint density at radius 1 is 1.40 bits per heavy atom. The minimum atomic E-state index is -4.46. The minimum absolute atomic E-state index is 0.0887. The van der Waals surface area contributed by atoms with Gasteiger partial charge in [-0.2, -0.15) is 13.2 Å². The first-order valence-electron chi connectivity index (χ1n) is 3.90. The van der Waals surface area contributed by atoms with Crippen LogP contribution < -0.4 is 5.73 Å². The molecule has 2 N–H and O–H groups in total. The van der Waals surface area contributed by atoms with Crippen molar-refractivity contribution >= 4 is 28.5 Å². The van der Waals surface area contributed by atoms with Gasteiger partial charge in [0.2, 0.25) is 5.91 Å². The highest BCUT2D eigenvalue weighted by atomic mass is 127. The van der Waals surface area contributed by atoms with Crippen LogP contribution in [0.2, 0.25) is 0 Å². The molecule has 0 radical (unpaired) electrons. The number of carbonyl (C=O) groups excluding carboxylic acids is 1. The topological polar surface area (TPSA) is 43.1 Å². The SMILES string of the molecule is Cc1c(I)cc(C(F)(F)F)cc1C(N)=O. The predicted molar refractivity (Wildman–Crippen MR) is 57.4 cm³/mol. The van der Waals surface area contributed by atoms with E-state index in [-0.39, 0.29) is 5.56 Å². The van der Waals surface area contributed by atoms with Gasteiger partial charge in [-0.05, 0) is 47.2 Å². The Bertz CT molecular complexity index is 415. The van der Waals surface area contributed by atoms with E-state index in [2.05, 4.69) is 0 Å². The van der Waals surface area contributed by atoms with Gasteiger partial charge in [-0.3, -0.25) is 4.79 Å². The summed E-state index contributed by atoms with van der Waals surface area (Å²) < 4.78 is 37.5. The molecule has 0 saturated carbocycles. The summed E-state index contributed by atoms with van der Waals surface area (Å²) in [5, 5.41) is 0. The number of benzene rings is 1. The van der Waals surface area contributed by atoms with E-state index < -0.39 is 17.6 Å². The van der Waals surface area contributed by atoms with Crippen molar-refractivity contribution in [2.75, 3.05) is 0 Å². The van der Waals surface area contributed by atoms with Crippen LogP contribution in [0.15, 0.2) is 12.1 Å². The lowest BCUT2D eigenvalue weighted by Crippen LogP contribution is -2.16. The normalized spacial score (nSPS) is 11.5. The molecule has 1 amide bonds. The van der Waals surface area contributed by atoms with Gasteiger partial charge in [-0.1, -0.05) is 0 Å². The van der Waals surface area contributed by atoms with Gasteiger partial charge in [-0.15, -0.1) is 0 Å². The zero-order valence-electron chi connectivity index (χ0n) is 7.65. The highest BCUT2D eigenvalue weighted by Gasteiger charge is 2.32. The number of halogens is 4. The molecule has 0 saturated heterocycles. The van der Waals surface area contributed by atoms with E-state index in [0.717, 1.165) is 12.1 Å². The summed E-state index contributed by atoms with van der Waals surface area (Å²) in [7, 11) is 0. The maximum Gasteiger partial charge on any atom is 0.416 e. The van der Waals surface area contributed by atoms with Crippen LogP contribution in [0.3, 0.4) is 0 Å². The van der Waals surface area contributed by atoms with Crippen LogP contribution in [0.5, 0.6) is 0 Å². The van der Waals surface area contributed by atoms with Gasteiger partial charge in [0.15, 0.2) is 0 Å². The van der Waals surface area contributed by atoms with Crippen LogP contribution in [0.4, 0.5) is 13.2 Å². The van der Waals surface area contributed by atoms with Gasteiger partial charge >= 0.3 is 6.18 Å². The quantitative estimate of drug-likeness (QED) is 0.791. The van der Waals surface area contributed by atoms with Crippen LogP contribution in [-0.4, -0.2) is 5.91 Å². The molecule has 0 aliphatic heterocycles.